The van der Waals surface area contributed by atoms with E-state index >= 15 is 0 Å². The van der Waals surface area contributed by atoms with Crippen molar-refractivity contribution in [1.29, 1.82) is 0 Å². The van der Waals surface area contributed by atoms with Crippen molar-refractivity contribution < 1.29 is 23.2 Å². The van der Waals surface area contributed by atoms with Crippen LogP contribution in [0.15, 0.2) is 23.1 Å². The molecule has 0 radical (unpaired) electrons. The smallest absolute Gasteiger partial charge is 0.410 e. The monoisotopic (exact) mass is 399 g/mol. The van der Waals surface area contributed by atoms with Crippen molar-refractivity contribution in [1.82, 2.24) is 4.90 Å². The molecule has 5 nitrogen and oxygen atoms in total. The molecule has 27 heavy (non-hydrogen) atoms. The number of rotatable bonds is 6. The fourth-order valence-corrected chi connectivity index (χ4v) is 3.69. The lowest BCUT2D eigenvalue weighted by molar-refractivity contribution is 0.0179. The summed E-state index contributed by atoms with van der Waals surface area (Å²) in [7, 11) is 0. The number of carbonyl (C=O) groups is 1. The van der Waals surface area contributed by atoms with E-state index in [0.717, 1.165) is 38.8 Å². The van der Waals surface area contributed by atoms with Crippen molar-refractivity contribution in [2.24, 2.45) is 5.92 Å². The van der Waals surface area contributed by atoms with Crippen LogP contribution in [-0.4, -0.2) is 47.1 Å². The summed E-state index contributed by atoms with van der Waals surface area (Å²) in [5, 5.41) is 0. The summed E-state index contributed by atoms with van der Waals surface area (Å²) >= 11 is -1.34. The SMILES string of the molecule is C[S+]([O-])c1ccc(OCCCC2CCN(C(=O)OC(C)(C)C)CC2)cc1F. The van der Waals surface area contributed by atoms with E-state index in [-0.39, 0.29) is 11.0 Å². The molecule has 1 amide bonds. The molecule has 1 fully saturated rings. The average Bonchev–Trinajstić information content (AvgIpc) is 2.57. The molecule has 1 saturated heterocycles. The van der Waals surface area contributed by atoms with Crippen LogP contribution in [0, 0.1) is 11.7 Å². The minimum Gasteiger partial charge on any atom is -0.612 e. The van der Waals surface area contributed by atoms with Crippen LogP contribution < -0.4 is 4.74 Å². The molecule has 2 rings (SSSR count). The molecule has 1 aromatic rings. The molecule has 0 saturated carbocycles. The molecule has 0 spiro atoms. The van der Waals surface area contributed by atoms with Gasteiger partial charge in [-0.1, -0.05) is 0 Å². The molecule has 1 aliphatic rings. The lowest BCUT2D eigenvalue weighted by atomic mass is 9.92. The van der Waals surface area contributed by atoms with Crippen LogP contribution in [0.2, 0.25) is 0 Å². The lowest BCUT2D eigenvalue weighted by Crippen LogP contribution is -2.41. The minimum atomic E-state index is -1.34. The maximum atomic E-state index is 13.8. The van der Waals surface area contributed by atoms with Gasteiger partial charge in [-0.15, -0.1) is 0 Å². The Labute approximate surface area is 164 Å². The van der Waals surface area contributed by atoms with Gasteiger partial charge in [0, 0.05) is 19.2 Å². The molecule has 152 valence electrons. The molecule has 1 unspecified atom stereocenters. The third-order valence-electron chi connectivity index (χ3n) is 4.50. The van der Waals surface area contributed by atoms with Crippen molar-refractivity contribution in [3.05, 3.63) is 24.0 Å². The average molecular weight is 400 g/mol. The van der Waals surface area contributed by atoms with E-state index in [9.17, 15) is 13.7 Å². The number of piperidine rings is 1. The summed E-state index contributed by atoms with van der Waals surface area (Å²) in [6.07, 6.45) is 5.04. The zero-order valence-corrected chi connectivity index (χ0v) is 17.4. The summed E-state index contributed by atoms with van der Waals surface area (Å²) in [6.45, 7) is 7.58. The summed E-state index contributed by atoms with van der Waals surface area (Å²) in [5.41, 5.74) is -0.463. The molecule has 1 aromatic carbocycles. The van der Waals surface area contributed by atoms with Gasteiger partial charge in [0.25, 0.3) is 0 Å². The first-order valence-electron chi connectivity index (χ1n) is 9.39. The Kier molecular flexibility index (Phi) is 7.79. The molecule has 7 heteroatoms. The normalized spacial score (nSPS) is 16.9. The first-order chi connectivity index (χ1) is 12.7. The summed E-state index contributed by atoms with van der Waals surface area (Å²) in [4.78, 5) is 14.0. The maximum absolute atomic E-state index is 13.8. The van der Waals surface area contributed by atoms with Gasteiger partial charge < -0.3 is 18.9 Å². The Morgan fingerprint density at radius 1 is 1.33 bits per heavy atom. The quantitative estimate of drug-likeness (QED) is 0.526. The molecule has 0 aromatic heterocycles. The van der Waals surface area contributed by atoms with Gasteiger partial charge in [-0.05, 0) is 75.7 Å². The first-order valence-corrected chi connectivity index (χ1v) is 11.0. The molecule has 1 aliphatic heterocycles. The first kappa shape index (κ1) is 21.8. The van der Waals surface area contributed by atoms with Gasteiger partial charge in [0.15, 0.2) is 10.7 Å². The predicted octanol–water partition coefficient (Wildman–Crippen LogP) is 4.37. The van der Waals surface area contributed by atoms with Crippen molar-refractivity contribution in [2.45, 2.75) is 57.0 Å². The maximum Gasteiger partial charge on any atom is 0.410 e. The van der Waals surface area contributed by atoms with Crippen LogP contribution in [0.25, 0.3) is 0 Å². The van der Waals surface area contributed by atoms with E-state index < -0.39 is 22.6 Å². The highest BCUT2D eigenvalue weighted by Gasteiger charge is 2.26. The highest BCUT2D eigenvalue weighted by Crippen LogP contribution is 2.24. The zero-order chi connectivity index (χ0) is 20.0. The zero-order valence-electron chi connectivity index (χ0n) is 16.6. The van der Waals surface area contributed by atoms with Gasteiger partial charge in [-0.3, -0.25) is 0 Å². The van der Waals surface area contributed by atoms with E-state index in [1.807, 2.05) is 20.8 Å². The van der Waals surface area contributed by atoms with E-state index in [0.29, 0.717) is 18.3 Å². The molecule has 1 heterocycles. The molecule has 0 aliphatic carbocycles. The number of carbonyl (C=O) groups excluding carboxylic acids is 1. The highest BCUT2D eigenvalue weighted by molar-refractivity contribution is 7.90. The number of benzene rings is 1. The van der Waals surface area contributed by atoms with E-state index in [1.54, 1.807) is 11.0 Å². The topological polar surface area (TPSA) is 61.8 Å². The van der Waals surface area contributed by atoms with E-state index in [4.69, 9.17) is 9.47 Å². The highest BCUT2D eigenvalue weighted by atomic mass is 32.2. The number of halogens is 1. The third-order valence-corrected chi connectivity index (χ3v) is 5.46. The van der Waals surface area contributed by atoms with Gasteiger partial charge >= 0.3 is 6.09 Å². The van der Waals surface area contributed by atoms with Crippen LogP contribution in [0.4, 0.5) is 9.18 Å². The van der Waals surface area contributed by atoms with Crippen LogP contribution >= 0.6 is 0 Å². The van der Waals surface area contributed by atoms with E-state index in [2.05, 4.69) is 0 Å². The fourth-order valence-electron chi connectivity index (χ4n) is 3.10. The number of nitrogens with zero attached hydrogens (tertiary/aromatic N) is 1. The minimum absolute atomic E-state index is 0.194. The second-order valence-corrected chi connectivity index (χ2v) is 9.30. The van der Waals surface area contributed by atoms with Gasteiger partial charge in [0.05, 0.1) is 6.61 Å². The Morgan fingerprint density at radius 3 is 2.56 bits per heavy atom. The summed E-state index contributed by atoms with van der Waals surface area (Å²) in [5.74, 6) is 0.526. The summed E-state index contributed by atoms with van der Waals surface area (Å²) < 4.78 is 36.1. The Hall–Kier alpha value is -1.47. The van der Waals surface area contributed by atoms with Crippen molar-refractivity contribution in [2.75, 3.05) is 26.0 Å². The van der Waals surface area contributed by atoms with Crippen LogP contribution in [-0.2, 0) is 15.9 Å². The van der Waals surface area contributed by atoms with Crippen molar-refractivity contribution in [3.8, 4) is 5.75 Å². The van der Waals surface area contributed by atoms with Crippen LogP contribution in [0.3, 0.4) is 0 Å². The largest absolute Gasteiger partial charge is 0.612 e. The third kappa shape index (κ3) is 7.22. The van der Waals surface area contributed by atoms with Gasteiger partial charge in [0.1, 0.15) is 17.6 Å². The molecule has 0 bridgehead atoms. The number of hydrogen-bond donors (Lipinski definition) is 0. The second kappa shape index (κ2) is 9.64. The second-order valence-electron chi connectivity index (χ2n) is 7.95. The van der Waals surface area contributed by atoms with Crippen LogP contribution in [0.1, 0.15) is 46.5 Å². The Bertz CT molecular complexity index is 625. The fraction of sp³-hybridized carbons (Fsp3) is 0.650. The van der Waals surface area contributed by atoms with Crippen molar-refractivity contribution >= 4 is 17.3 Å². The standard InChI is InChI=1S/C20H30FNO4S/c1-20(2,3)26-19(23)22-11-9-15(10-12-22)6-5-13-25-16-7-8-18(27(4)24)17(21)14-16/h7-8,14-15H,5-6,9-13H2,1-4H3. The van der Waals surface area contributed by atoms with E-state index in [1.165, 1.54) is 18.4 Å². The molecular weight excluding hydrogens is 369 g/mol. The number of ether oxygens (including phenoxy) is 2. The summed E-state index contributed by atoms with van der Waals surface area (Å²) in [6, 6.07) is 4.45. The molecule has 0 N–H and O–H groups in total. The molecular formula is C20H30FNO4S. The van der Waals surface area contributed by atoms with Crippen LogP contribution in [0.5, 0.6) is 5.75 Å². The number of amides is 1. The lowest BCUT2D eigenvalue weighted by Gasteiger charge is -2.33. The van der Waals surface area contributed by atoms with Gasteiger partial charge in [-0.25, -0.2) is 9.18 Å². The van der Waals surface area contributed by atoms with Gasteiger partial charge in [-0.2, -0.15) is 0 Å². The Balaban J connectivity index is 1.66. The number of hydrogen-bond acceptors (Lipinski definition) is 4. The Morgan fingerprint density at radius 2 is 2.00 bits per heavy atom. The predicted molar refractivity (Wildman–Crippen MR) is 104 cm³/mol. The number of likely N-dealkylation sites (tertiary alicyclic amines) is 1. The molecule has 1 atom stereocenters. The van der Waals surface area contributed by atoms with Gasteiger partial charge in [0.2, 0.25) is 0 Å². The van der Waals surface area contributed by atoms with Crippen molar-refractivity contribution in [3.63, 3.8) is 0 Å².